The fraction of sp³-hybridized carbons (Fsp3) is 0.0769. The zero-order valence-electron chi connectivity index (χ0n) is 11.1. The van der Waals surface area contributed by atoms with E-state index in [0.29, 0.717) is 5.69 Å². The van der Waals surface area contributed by atoms with Crippen LogP contribution >= 0.6 is 0 Å². The van der Waals surface area contributed by atoms with E-state index in [2.05, 4.69) is 9.97 Å². The molecule has 0 bridgehead atoms. The van der Waals surface area contributed by atoms with Crippen LogP contribution in [0.3, 0.4) is 0 Å². The van der Waals surface area contributed by atoms with E-state index in [-0.39, 0.29) is 22.5 Å². The molecule has 0 saturated heterocycles. The predicted molar refractivity (Wildman–Crippen MR) is 76.0 cm³/mol. The molecule has 0 aromatic carbocycles. The lowest BCUT2D eigenvalue weighted by Crippen LogP contribution is -2.03. The smallest absolute Gasteiger partial charge is 0.339 e. The number of aryl methyl sites for hydroxylation is 1. The number of carboxylic acid groups (broad SMARTS) is 2. The van der Waals surface area contributed by atoms with Gasteiger partial charge in [-0.15, -0.1) is 0 Å². The normalized spacial score (nSPS) is 9.38. The molecule has 0 spiro atoms. The van der Waals surface area contributed by atoms with E-state index in [1.807, 2.05) is 0 Å². The van der Waals surface area contributed by atoms with E-state index in [9.17, 15) is 9.59 Å². The van der Waals surface area contributed by atoms with Gasteiger partial charge in [0.15, 0.2) is 0 Å². The summed E-state index contributed by atoms with van der Waals surface area (Å²) in [4.78, 5) is 28.1. The minimum atomic E-state index is -1.05. The van der Waals surface area contributed by atoms with Crippen LogP contribution in [0.2, 0.25) is 0 Å². The molecule has 2 heterocycles. The van der Waals surface area contributed by atoms with Gasteiger partial charge in [0, 0.05) is 35.7 Å². The van der Waals surface area contributed by atoms with Gasteiger partial charge in [0.25, 0.3) is 0 Å². The number of rotatable bonds is 2. The summed E-state index contributed by atoms with van der Waals surface area (Å²) in [7, 11) is 0. The summed E-state index contributed by atoms with van der Waals surface area (Å²) in [5.41, 5.74) is 12.0. The number of carbonyl (C=O) groups is 2. The van der Waals surface area contributed by atoms with Crippen molar-refractivity contribution in [3.05, 3.63) is 47.5 Å². The van der Waals surface area contributed by atoms with Crippen molar-refractivity contribution < 1.29 is 19.8 Å². The highest BCUT2D eigenvalue weighted by Crippen LogP contribution is 2.10. The third kappa shape index (κ3) is 4.46. The van der Waals surface area contributed by atoms with Gasteiger partial charge >= 0.3 is 11.9 Å². The fourth-order valence-electron chi connectivity index (χ4n) is 1.34. The lowest BCUT2D eigenvalue weighted by molar-refractivity contribution is 0.0686. The Kier molecular flexibility index (Phi) is 5.18. The van der Waals surface area contributed by atoms with Gasteiger partial charge < -0.3 is 21.7 Å². The van der Waals surface area contributed by atoms with Crippen LogP contribution in [0.4, 0.5) is 11.4 Å². The minimum absolute atomic E-state index is 0.0440. The third-order valence-corrected chi connectivity index (χ3v) is 2.39. The standard InChI is InChI=1S/C7H8N2O2.C6H6N2O2/c1-4-2-6(8)5(3-9-4)7(10)11;7-5-1-2-8-3-4(5)6(9)10/h2-3H,1H3,(H2,8,9)(H,10,11);1-3H,(H2,7,8)(H,9,10). The Morgan fingerprint density at radius 1 is 1.05 bits per heavy atom. The molecular weight excluding hydrogens is 276 g/mol. The van der Waals surface area contributed by atoms with Gasteiger partial charge in [-0.05, 0) is 19.1 Å². The molecule has 0 radical (unpaired) electrons. The van der Waals surface area contributed by atoms with E-state index in [1.54, 1.807) is 6.92 Å². The summed E-state index contributed by atoms with van der Waals surface area (Å²) in [6.45, 7) is 1.75. The van der Waals surface area contributed by atoms with Gasteiger partial charge in [-0.1, -0.05) is 0 Å². The van der Waals surface area contributed by atoms with Crippen LogP contribution < -0.4 is 11.5 Å². The molecule has 110 valence electrons. The quantitative estimate of drug-likeness (QED) is 0.639. The van der Waals surface area contributed by atoms with Crippen molar-refractivity contribution in [2.75, 3.05) is 11.5 Å². The Morgan fingerprint density at radius 3 is 2.05 bits per heavy atom. The van der Waals surface area contributed by atoms with Crippen molar-refractivity contribution in [3.63, 3.8) is 0 Å². The monoisotopic (exact) mass is 290 g/mol. The first-order valence-electron chi connectivity index (χ1n) is 5.71. The highest BCUT2D eigenvalue weighted by atomic mass is 16.4. The summed E-state index contributed by atoms with van der Waals surface area (Å²) in [5, 5.41) is 17.0. The highest BCUT2D eigenvalue weighted by molar-refractivity contribution is 5.93. The topological polar surface area (TPSA) is 152 Å². The second-order valence-electron chi connectivity index (χ2n) is 3.99. The van der Waals surface area contributed by atoms with Crippen molar-refractivity contribution in [1.82, 2.24) is 9.97 Å². The van der Waals surface area contributed by atoms with Crippen molar-refractivity contribution >= 4 is 23.3 Å². The van der Waals surface area contributed by atoms with Crippen LogP contribution in [-0.2, 0) is 0 Å². The molecule has 0 amide bonds. The molecular formula is C13H14N4O4. The first-order valence-corrected chi connectivity index (χ1v) is 5.71. The summed E-state index contributed by atoms with van der Waals surface area (Å²) in [5.74, 6) is -2.10. The molecule has 6 N–H and O–H groups in total. The molecule has 0 saturated carbocycles. The molecule has 0 atom stereocenters. The first kappa shape index (κ1) is 15.9. The molecule has 8 heteroatoms. The molecule has 0 aliphatic carbocycles. The van der Waals surface area contributed by atoms with Gasteiger partial charge in [-0.25, -0.2) is 9.59 Å². The van der Waals surface area contributed by atoms with Crippen LogP contribution in [0.5, 0.6) is 0 Å². The summed E-state index contributed by atoms with van der Waals surface area (Å²) < 4.78 is 0. The van der Waals surface area contributed by atoms with E-state index < -0.39 is 11.9 Å². The number of nitrogens with zero attached hydrogens (tertiary/aromatic N) is 2. The van der Waals surface area contributed by atoms with Crippen molar-refractivity contribution in [2.24, 2.45) is 0 Å². The third-order valence-electron chi connectivity index (χ3n) is 2.39. The number of nitrogen functional groups attached to an aromatic ring is 2. The van der Waals surface area contributed by atoms with Gasteiger partial charge in [0.2, 0.25) is 0 Å². The summed E-state index contributed by atoms with van der Waals surface area (Å²) >= 11 is 0. The molecule has 0 aliphatic rings. The number of hydrogen-bond acceptors (Lipinski definition) is 6. The first-order chi connectivity index (χ1) is 9.82. The number of aromatic nitrogens is 2. The maximum absolute atomic E-state index is 10.4. The minimum Gasteiger partial charge on any atom is -0.478 e. The molecule has 21 heavy (non-hydrogen) atoms. The Hall–Kier alpha value is -3.16. The average molecular weight is 290 g/mol. The van der Waals surface area contributed by atoms with Gasteiger partial charge in [0.1, 0.15) is 11.1 Å². The fourth-order valence-corrected chi connectivity index (χ4v) is 1.34. The zero-order valence-corrected chi connectivity index (χ0v) is 11.1. The Morgan fingerprint density at radius 2 is 1.62 bits per heavy atom. The number of anilines is 2. The maximum atomic E-state index is 10.4. The van der Waals surface area contributed by atoms with Gasteiger partial charge in [0.05, 0.1) is 0 Å². The lowest BCUT2D eigenvalue weighted by Gasteiger charge is -1.99. The van der Waals surface area contributed by atoms with Crippen LogP contribution in [0.1, 0.15) is 26.4 Å². The van der Waals surface area contributed by atoms with Crippen LogP contribution in [0.15, 0.2) is 30.7 Å². The molecule has 2 aromatic heterocycles. The van der Waals surface area contributed by atoms with Gasteiger partial charge in [-0.3, -0.25) is 9.97 Å². The molecule has 8 nitrogen and oxygen atoms in total. The second-order valence-corrected chi connectivity index (χ2v) is 3.99. The molecule has 0 unspecified atom stereocenters. The van der Waals surface area contributed by atoms with E-state index >= 15 is 0 Å². The summed E-state index contributed by atoms with van der Waals surface area (Å²) in [6, 6.07) is 2.98. The van der Waals surface area contributed by atoms with E-state index in [0.717, 1.165) is 0 Å². The predicted octanol–water partition coefficient (Wildman–Crippen LogP) is 1.03. The van der Waals surface area contributed by atoms with E-state index in [1.165, 1.54) is 30.7 Å². The molecule has 2 rings (SSSR count). The molecule has 2 aromatic rings. The Balaban J connectivity index is 0.000000211. The molecule has 0 aliphatic heterocycles. The zero-order chi connectivity index (χ0) is 16.0. The van der Waals surface area contributed by atoms with Crippen LogP contribution in [0, 0.1) is 6.92 Å². The number of hydrogen-bond donors (Lipinski definition) is 4. The van der Waals surface area contributed by atoms with Crippen molar-refractivity contribution in [1.29, 1.82) is 0 Å². The number of carboxylic acids is 2. The largest absolute Gasteiger partial charge is 0.478 e. The lowest BCUT2D eigenvalue weighted by atomic mass is 10.2. The van der Waals surface area contributed by atoms with Crippen LogP contribution in [0.25, 0.3) is 0 Å². The Labute approximate surface area is 120 Å². The van der Waals surface area contributed by atoms with Crippen LogP contribution in [-0.4, -0.2) is 32.1 Å². The van der Waals surface area contributed by atoms with E-state index in [4.69, 9.17) is 21.7 Å². The number of nitrogens with two attached hydrogens (primary N) is 2. The second kappa shape index (κ2) is 6.85. The molecule has 0 fully saturated rings. The van der Waals surface area contributed by atoms with Gasteiger partial charge in [-0.2, -0.15) is 0 Å². The SMILES string of the molecule is Cc1cc(N)c(C(=O)O)cn1.Nc1ccncc1C(=O)O. The number of pyridine rings is 2. The maximum Gasteiger partial charge on any atom is 0.339 e. The number of aromatic carboxylic acids is 2. The van der Waals surface area contributed by atoms with Crippen molar-refractivity contribution in [3.8, 4) is 0 Å². The summed E-state index contributed by atoms with van der Waals surface area (Å²) in [6.07, 6.45) is 3.92. The average Bonchev–Trinajstić information content (AvgIpc) is 2.39. The highest BCUT2D eigenvalue weighted by Gasteiger charge is 2.07. The van der Waals surface area contributed by atoms with Crippen molar-refractivity contribution in [2.45, 2.75) is 6.92 Å². The Bertz CT molecular complexity index is 673.